The van der Waals surface area contributed by atoms with Gasteiger partial charge in [0.05, 0.1) is 6.61 Å². The number of benzene rings is 2. The molecule has 2 aromatic carbocycles. The predicted octanol–water partition coefficient (Wildman–Crippen LogP) is 3.15. The minimum Gasteiger partial charge on any atom is -0.508 e. The number of rotatable bonds is 8. The third-order valence-corrected chi connectivity index (χ3v) is 3.23. The van der Waals surface area contributed by atoms with Gasteiger partial charge in [0, 0.05) is 6.08 Å². The van der Waals surface area contributed by atoms with E-state index in [0.29, 0.717) is 18.6 Å². The third-order valence-electron chi connectivity index (χ3n) is 3.23. The highest BCUT2D eigenvalue weighted by Gasteiger charge is 2.03. The van der Waals surface area contributed by atoms with Crippen LogP contribution in [0, 0.1) is 10.1 Å². The molecule has 0 aliphatic heterocycles. The van der Waals surface area contributed by atoms with Crippen LogP contribution >= 0.6 is 0 Å². The molecule has 1 N–H and O–H groups in total. The van der Waals surface area contributed by atoms with Gasteiger partial charge in [-0.1, -0.05) is 24.3 Å². The van der Waals surface area contributed by atoms with Gasteiger partial charge in [-0.2, -0.15) is 0 Å². The summed E-state index contributed by atoms with van der Waals surface area (Å²) in [6, 6.07) is 13.3. The smallest absolute Gasteiger partial charge is 0.336 e. The number of carbonyl (C=O) groups is 1. The monoisotopic (exact) mass is 343 g/mol. The number of aromatic hydroxyl groups is 1. The van der Waals surface area contributed by atoms with Crippen molar-refractivity contribution in [1.29, 1.82) is 0 Å². The van der Waals surface area contributed by atoms with Gasteiger partial charge in [-0.05, 0) is 54.3 Å². The molecule has 0 radical (unpaired) electrons. The van der Waals surface area contributed by atoms with Gasteiger partial charge in [-0.25, -0.2) is 4.79 Å². The van der Waals surface area contributed by atoms with Gasteiger partial charge in [-0.3, -0.25) is 0 Å². The first-order valence-electron chi connectivity index (χ1n) is 7.58. The molecule has 0 aliphatic rings. The molecule has 2 rings (SSSR count). The maximum absolute atomic E-state index is 11.8. The third kappa shape index (κ3) is 6.74. The normalized spacial score (nSPS) is 10.6. The van der Waals surface area contributed by atoms with Gasteiger partial charge in [0.1, 0.15) is 11.5 Å². The number of hydrogen-bond donors (Lipinski definition) is 1. The number of esters is 1. The van der Waals surface area contributed by atoms with Gasteiger partial charge in [0.15, 0.2) is 0 Å². The van der Waals surface area contributed by atoms with E-state index in [4.69, 9.17) is 4.74 Å². The Labute approximate surface area is 144 Å². The van der Waals surface area contributed by atoms with Crippen LogP contribution in [0.5, 0.6) is 11.5 Å². The van der Waals surface area contributed by atoms with Crippen LogP contribution in [-0.4, -0.2) is 22.8 Å². The molecule has 2 aromatic rings. The fraction of sp³-hybridized carbons (Fsp3) is 0.167. The zero-order chi connectivity index (χ0) is 18.1. The average molecular weight is 343 g/mol. The second kappa shape index (κ2) is 9.07. The Bertz CT molecular complexity index is 754. The molecule has 7 nitrogen and oxygen atoms in total. The lowest BCUT2D eigenvalue weighted by Gasteiger charge is -2.05. The van der Waals surface area contributed by atoms with Gasteiger partial charge < -0.3 is 14.7 Å². The number of hydrogen-bond acceptors (Lipinski definition) is 6. The summed E-state index contributed by atoms with van der Waals surface area (Å²) in [5.74, 6) is 0.0233. The van der Waals surface area contributed by atoms with Crippen molar-refractivity contribution in [3.63, 3.8) is 0 Å². The minimum atomic E-state index is -0.821. The van der Waals surface area contributed by atoms with Crippen LogP contribution in [0.2, 0.25) is 0 Å². The molecule has 0 aromatic heterocycles. The zero-order valence-corrected chi connectivity index (χ0v) is 13.3. The molecular formula is C18H17NO6. The van der Waals surface area contributed by atoms with Crippen LogP contribution in [-0.2, 0) is 16.1 Å². The minimum absolute atomic E-state index is 0.0202. The van der Waals surface area contributed by atoms with Crippen LogP contribution in [0.3, 0.4) is 0 Å². The fourth-order valence-electron chi connectivity index (χ4n) is 2.08. The second-order valence-corrected chi connectivity index (χ2v) is 5.15. The predicted molar refractivity (Wildman–Crippen MR) is 90.5 cm³/mol. The molecule has 0 atom stereocenters. The Morgan fingerprint density at radius 3 is 2.68 bits per heavy atom. The van der Waals surface area contributed by atoms with Crippen molar-refractivity contribution in [2.24, 2.45) is 0 Å². The Morgan fingerprint density at radius 2 is 1.96 bits per heavy atom. The standard InChI is InChI=1S/C18H17NO6/c20-16-9-6-14(7-10-16)8-11-18(21)25-17-5-1-3-15(13-17)4-2-12-24-19(22)23/h1,3,5-11,13,20H,2,4,12H2/b11-8+. The van der Waals surface area contributed by atoms with Crippen molar-refractivity contribution in [1.82, 2.24) is 0 Å². The van der Waals surface area contributed by atoms with E-state index >= 15 is 0 Å². The SMILES string of the molecule is O=C(/C=C/c1ccc(O)cc1)Oc1cccc(CCCO[N+](=O)[O-])c1. The molecule has 0 saturated heterocycles. The quantitative estimate of drug-likeness (QED) is 0.197. The first-order chi connectivity index (χ1) is 12.0. The van der Waals surface area contributed by atoms with Crippen molar-refractivity contribution in [3.8, 4) is 11.5 Å². The molecule has 0 bridgehead atoms. The number of aryl methyl sites for hydroxylation is 1. The van der Waals surface area contributed by atoms with E-state index in [2.05, 4.69) is 4.84 Å². The van der Waals surface area contributed by atoms with Gasteiger partial charge in [0.25, 0.3) is 5.09 Å². The van der Waals surface area contributed by atoms with Crippen LogP contribution < -0.4 is 4.74 Å². The van der Waals surface area contributed by atoms with Crippen molar-refractivity contribution >= 4 is 12.0 Å². The zero-order valence-electron chi connectivity index (χ0n) is 13.3. The first kappa shape index (κ1) is 18.0. The summed E-state index contributed by atoms with van der Waals surface area (Å²) in [5, 5.41) is 18.5. The Morgan fingerprint density at radius 1 is 1.20 bits per heavy atom. The van der Waals surface area contributed by atoms with Gasteiger partial charge in [-0.15, -0.1) is 10.1 Å². The molecule has 0 spiro atoms. The topological polar surface area (TPSA) is 98.9 Å². The highest BCUT2D eigenvalue weighted by Crippen LogP contribution is 2.16. The molecule has 7 heteroatoms. The lowest BCUT2D eigenvalue weighted by molar-refractivity contribution is -0.757. The summed E-state index contributed by atoms with van der Waals surface area (Å²) in [4.78, 5) is 26.2. The highest BCUT2D eigenvalue weighted by atomic mass is 16.9. The van der Waals surface area contributed by atoms with E-state index in [1.54, 1.807) is 36.4 Å². The Kier molecular flexibility index (Phi) is 6.53. The molecule has 0 fully saturated rings. The van der Waals surface area contributed by atoms with Gasteiger partial charge in [0.2, 0.25) is 0 Å². The first-order valence-corrected chi connectivity index (χ1v) is 7.58. The average Bonchev–Trinajstić information content (AvgIpc) is 2.58. The van der Waals surface area contributed by atoms with E-state index in [0.717, 1.165) is 11.1 Å². The Balaban J connectivity index is 1.86. The molecular weight excluding hydrogens is 326 g/mol. The number of nitrogens with zero attached hydrogens (tertiary/aromatic N) is 1. The largest absolute Gasteiger partial charge is 0.508 e. The summed E-state index contributed by atoms with van der Waals surface area (Å²) in [6.07, 6.45) is 3.94. The number of phenolic OH excluding ortho intramolecular Hbond substituents is 1. The molecule has 0 aliphatic carbocycles. The van der Waals surface area contributed by atoms with Crippen molar-refractivity contribution in [2.75, 3.05) is 6.61 Å². The lowest BCUT2D eigenvalue weighted by Crippen LogP contribution is -2.05. The van der Waals surface area contributed by atoms with Crippen LogP contribution in [0.4, 0.5) is 0 Å². The summed E-state index contributed by atoms with van der Waals surface area (Å²) in [7, 11) is 0. The number of phenols is 1. The number of ether oxygens (including phenoxy) is 1. The van der Waals surface area contributed by atoms with E-state index in [1.807, 2.05) is 6.07 Å². The summed E-state index contributed by atoms with van der Waals surface area (Å²) < 4.78 is 5.23. The van der Waals surface area contributed by atoms with E-state index < -0.39 is 11.1 Å². The second-order valence-electron chi connectivity index (χ2n) is 5.15. The maximum atomic E-state index is 11.8. The number of carbonyl (C=O) groups excluding carboxylic acids is 1. The Hall–Kier alpha value is -3.35. The lowest BCUT2D eigenvalue weighted by atomic mass is 10.1. The molecule has 0 unspecified atom stereocenters. The van der Waals surface area contributed by atoms with Crippen LogP contribution in [0.15, 0.2) is 54.6 Å². The molecule has 0 heterocycles. The molecule has 25 heavy (non-hydrogen) atoms. The molecule has 130 valence electrons. The van der Waals surface area contributed by atoms with Gasteiger partial charge >= 0.3 is 5.97 Å². The van der Waals surface area contributed by atoms with E-state index in [9.17, 15) is 20.0 Å². The van der Waals surface area contributed by atoms with Crippen LogP contribution in [0.1, 0.15) is 17.5 Å². The van der Waals surface area contributed by atoms with Crippen molar-refractivity contribution < 1.29 is 24.6 Å². The van der Waals surface area contributed by atoms with E-state index in [1.165, 1.54) is 18.2 Å². The molecule has 0 saturated carbocycles. The van der Waals surface area contributed by atoms with Crippen LogP contribution in [0.25, 0.3) is 6.08 Å². The summed E-state index contributed by atoms with van der Waals surface area (Å²) >= 11 is 0. The summed E-state index contributed by atoms with van der Waals surface area (Å²) in [6.45, 7) is 0.0202. The van der Waals surface area contributed by atoms with E-state index in [-0.39, 0.29) is 12.4 Å². The highest BCUT2D eigenvalue weighted by molar-refractivity contribution is 5.88. The fourth-order valence-corrected chi connectivity index (χ4v) is 2.08. The van der Waals surface area contributed by atoms with Crippen molar-refractivity contribution in [2.45, 2.75) is 12.8 Å². The van der Waals surface area contributed by atoms with Crippen molar-refractivity contribution in [3.05, 3.63) is 75.8 Å². The molecule has 0 amide bonds. The maximum Gasteiger partial charge on any atom is 0.336 e. The summed E-state index contributed by atoms with van der Waals surface area (Å²) in [5.41, 5.74) is 1.65.